The molecule has 2 rings (SSSR count). The van der Waals surface area contributed by atoms with E-state index < -0.39 is 27.9 Å². The summed E-state index contributed by atoms with van der Waals surface area (Å²) in [5, 5.41) is 0. The van der Waals surface area contributed by atoms with Crippen LogP contribution in [0.1, 0.15) is 0 Å². The number of sulfonamides is 1. The van der Waals surface area contributed by atoms with E-state index in [0.29, 0.717) is 0 Å². The first kappa shape index (κ1) is 15.7. The minimum atomic E-state index is -3.93. The van der Waals surface area contributed by atoms with Crippen LogP contribution in [0.2, 0.25) is 0 Å². The van der Waals surface area contributed by atoms with Crippen LogP contribution in [0.3, 0.4) is 0 Å². The third-order valence-electron chi connectivity index (χ3n) is 3.08. The quantitative estimate of drug-likeness (QED) is 0.621. The lowest BCUT2D eigenvalue weighted by Gasteiger charge is -2.30. The summed E-state index contributed by atoms with van der Waals surface area (Å²) in [6.07, 6.45) is -0.986. The summed E-state index contributed by atoms with van der Waals surface area (Å²) in [5.41, 5.74) is 5.38. The number of halogens is 1. The van der Waals surface area contributed by atoms with Crippen LogP contribution in [0.15, 0.2) is 23.1 Å². The number of nitrogens with zero attached hydrogens (tertiary/aromatic N) is 1. The molecule has 1 fully saturated rings. The molecule has 1 aromatic carbocycles. The van der Waals surface area contributed by atoms with Crippen LogP contribution in [0.5, 0.6) is 0 Å². The maximum Gasteiger partial charge on any atom is 0.336 e. The molecule has 0 bridgehead atoms. The van der Waals surface area contributed by atoms with Crippen LogP contribution in [-0.4, -0.2) is 51.6 Å². The highest BCUT2D eigenvalue weighted by molar-refractivity contribution is 7.89. The third-order valence-corrected chi connectivity index (χ3v) is 5.02. The Balaban J connectivity index is 2.28. The molecule has 1 aromatic rings. The fourth-order valence-corrected chi connectivity index (χ4v) is 3.53. The first-order valence-electron chi connectivity index (χ1n) is 6.11. The molecule has 1 aliphatic rings. The van der Waals surface area contributed by atoms with Crippen molar-refractivity contribution < 1.29 is 27.1 Å². The van der Waals surface area contributed by atoms with Crippen LogP contribution < -0.4 is 5.73 Å². The number of anilines is 1. The number of esters is 1. The van der Waals surface area contributed by atoms with Crippen molar-refractivity contribution >= 4 is 21.7 Å². The lowest BCUT2D eigenvalue weighted by Crippen LogP contribution is -2.48. The Morgan fingerprint density at radius 1 is 1.52 bits per heavy atom. The minimum Gasteiger partial charge on any atom is -0.467 e. The van der Waals surface area contributed by atoms with Gasteiger partial charge in [-0.2, -0.15) is 4.31 Å². The van der Waals surface area contributed by atoms with E-state index in [2.05, 4.69) is 4.74 Å². The van der Waals surface area contributed by atoms with E-state index in [4.69, 9.17) is 10.5 Å². The van der Waals surface area contributed by atoms with Gasteiger partial charge in [0.05, 0.1) is 25.9 Å². The summed E-state index contributed by atoms with van der Waals surface area (Å²) in [5.74, 6) is -1.28. The second-order valence-electron chi connectivity index (χ2n) is 4.43. The monoisotopic (exact) mass is 318 g/mol. The number of carbonyl (C=O) groups is 1. The molecule has 2 N–H and O–H groups in total. The second kappa shape index (κ2) is 5.96. The lowest BCUT2D eigenvalue weighted by molar-refractivity contribution is -0.157. The maximum atomic E-state index is 13.0. The Morgan fingerprint density at radius 3 is 2.86 bits per heavy atom. The molecule has 0 aliphatic carbocycles. The van der Waals surface area contributed by atoms with Crippen molar-refractivity contribution in [3.05, 3.63) is 24.0 Å². The summed E-state index contributed by atoms with van der Waals surface area (Å²) in [6, 6.07) is 3.05. The third kappa shape index (κ3) is 3.14. The van der Waals surface area contributed by atoms with E-state index in [-0.39, 0.29) is 30.3 Å². The van der Waals surface area contributed by atoms with Crippen LogP contribution >= 0.6 is 0 Å². The molecule has 1 unspecified atom stereocenters. The minimum absolute atomic E-state index is 0.0557. The van der Waals surface area contributed by atoms with Crippen molar-refractivity contribution in [3.8, 4) is 0 Å². The van der Waals surface area contributed by atoms with Crippen molar-refractivity contribution in [1.82, 2.24) is 4.31 Å². The average molecular weight is 318 g/mol. The Bertz CT molecular complexity index is 649. The maximum absolute atomic E-state index is 13.0. The summed E-state index contributed by atoms with van der Waals surface area (Å²) < 4.78 is 48.8. The number of methoxy groups -OCH3 is 1. The fourth-order valence-electron chi connectivity index (χ4n) is 2.01. The van der Waals surface area contributed by atoms with Crippen LogP contribution in [0.25, 0.3) is 0 Å². The highest BCUT2D eigenvalue weighted by Crippen LogP contribution is 2.24. The van der Waals surface area contributed by atoms with Crippen LogP contribution in [0, 0.1) is 5.82 Å². The summed E-state index contributed by atoms with van der Waals surface area (Å²) >= 11 is 0. The van der Waals surface area contributed by atoms with Gasteiger partial charge in [0.25, 0.3) is 0 Å². The molecule has 116 valence electrons. The van der Waals surface area contributed by atoms with Crippen molar-refractivity contribution in [2.75, 3.05) is 32.5 Å². The van der Waals surface area contributed by atoms with E-state index in [1.54, 1.807) is 0 Å². The lowest BCUT2D eigenvalue weighted by atomic mass is 10.3. The van der Waals surface area contributed by atoms with E-state index in [1.807, 2.05) is 0 Å². The molecule has 21 heavy (non-hydrogen) atoms. The summed E-state index contributed by atoms with van der Waals surface area (Å²) in [6.45, 7) is -0.0431. The second-order valence-corrected chi connectivity index (χ2v) is 6.33. The summed E-state index contributed by atoms with van der Waals surface area (Å²) in [7, 11) is -2.74. The SMILES string of the molecule is COC(=O)C1CN(S(=O)(=O)c2ccc(F)cc2N)CCO1. The van der Waals surface area contributed by atoms with Gasteiger partial charge in [0, 0.05) is 6.54 Å². The Kier molecular flexibility index (Phi) is 4.45. The molecule has 1 heterocycles. The molecular weight excluding hydrogens is 303 g/mol. The van der Waals surface area contributed by atoms with E-state index in [9.17, 15) is 17.6 Å². The van der Waals surface area contributed by atoms with Crippen LogP contribution in [-0.2, 0) is 24.3 Å². The van der Waals surface area contributed by atoms with Crippen molar-refractivity contribution in [3.63, 3.8) is 0 Å². The largest absolute Gasteiger partial charge is 0.467 e. The predicted molar refractivity (Wildman–Crippen MR) is 71.3 cm³/mol. The molecule has 0 spiro atoms. The van der Waals surface area contributed by atoms with Crippen molar-refractivity contribution in [1.29, 1.82) is 0 Å². The molecule has 9 heteroatoms. The molecule has 0 aromatic heterocycles. The zero-order chi connectivity index (χ0) is 15.6. The zero-order valence-electron chi connectivity index (χ0n) is 11.3. The van der Waals surface area contributed by atoms with Gasteiger partial charge in [-0.05, 0) is 18.2 Å². The van der Waals surface area contributed by atoms with E-state index in [1.165, 1.54) is 7.11 Å². The topological polar surface area (TPSA) is 98.9 Å². The standard InChI is InChI=1S/C12H15FN2O5S/c1-19-12(16)10-7-15(4-5-20-10)21(17,18)11-3-2-8(13)6-9(11)14/h2-3,6,10H,4-5,7,14H2,1H3. The molecule has 1 saturated heterocycles. The zero-order valence-corrected chi connectivity index (χ0v) is 12.1. The molecule has 0 amide bonds. The van der Waals surface area contributed by atoms with Crippen molar-refractivity contribution in [2.45, 2.75) is 11.0 Å². The Labute approximate surface area is 121 Å². The molecular formula is C12H15FN2O5S. The van der Waals surface area contributed by atoms with Crippen LogP contribution in [0.4, 0.5) is 10.1 Å². The van der Waals surface area contributed by atoms with Crippen molar-refractivity contribution in [2.24, 2.45) is 0 Å². The number of hydrogen-bond acceptors (Lipinski definition) is 6. The molecule has 0 radical (unpaired) electrons. The number of carbonyl (C=O) groups excluding carboxylic acids is 1. The highest BCUT2D eigenvalue weighted by atomic mass is 32.2. The van der Waals surface area contributed by atoms with Gasteiger partial charge < -0.3 is 15.2 Å². The van der Waals surface area contributed by atoms with Gasteiger partial charge in [0.15, 0.2) is 6.10 Å². The molecule has 7 nitrogen and oxygen atoms in total. The first-order chi connectivity index (χ1) is 9.86. The number of morpholine rings is 1. The number of benzene rings is 1. The fraction of sp³-hybridized carbons (Fsp3) is 0.417. The van der Waals surface area contributed by atoms with Gasteiger partial charge in [-0.25, -0.2) is 17.6 Å². The van der Waals surface area contributed by atoms with Gasteiger partial charge in [0.2, 0.25) is 10.0 Å². The number of nitrogen functional groups attached to an aromatic ring is 1. The van der Waals surface area contributed by atoms with Gasteiger partial charge in [-0.1, -0.05) is 0 Å². The van der Waals surface area contributed by atoms with Gasteiger partial charge in [-0.15, -0.1) is 0 Å². The Morgan fingerprint density at radius 2 is 2.24 bits per heavy atom. The number of ether oxygens (including phenoxy) is 2. The summed E-state index contributed by atoms with van der Waals surface area (Å²) in [4.78, 5) is 11.2. The van der Waals surface area contributed by atoms with Gasteiger partial charge >= 0.3 is 5.97 Å². The van der Waals surface area contributed by atoms with Gasteiger partial charge in [0.1, 0.15) is 10.7 Å². The average Bonchev–Trinajstić information content (AvgIpc) is 2.46. The van der Waals surface area contributed by atoms with Gasteiger partial charge in [-0.3, -0.25) is 0 Å². The Hall–Kier alpha value is -1.71. The number of nitrogens with two attached hydrogens (primary N) is 1. The first-order valence-corrected chi connectivity index (χ1v) is 7.55. The molecule has 1 atom stereocenters. The normalized spacial score (nSPS) is 20.2. The number of rotatable bonds is 3. The highest BCUT2D eigenvalue weighted by Gasteiger charge is 2.35. The smallest absolute Gasteiger partial charge is 0.336 e. The molecule has 1 aliphatic heterocycles. The predicted octanol–water partition coefficient (Wildman–Crippen LogP) is -0.0296. The number of hydrogen-bond donors (Lipinski definition) is 1. The van der Waals surface area contributed by atoms with E-state index in [0.717, 1.165) is 22.5 Å². The molecule has 0 saturated carbocycles. The van der Waals surface area contributed by atoms with E-state index >= 15 is 0 Å².